The number of anilines is 1. The van der Waals surface area contributed by atoms with E-state index in [1.807, 2.05) is 17.7 Å². The maximum Gasteiger partial charge on any atom is 0.323 e. The number of hydrogen-bond donors (Lipinski definition) is 1. The fraction of sp³-hybridized carbons (Fsp3) is 0.421. The Balaban J connectivity index is 1.89. The second kappa shape index (κ2) is 7.51. The quantitative estimate of drug-likeness (QED) is 0.904. The monoisotopic (exact) mass is 341 g/mol. The van der Waals surface area contributed by atoms with Crippen LogP contribution in [0.5, 0.6) is 0 Å². The Bertz CT molecular complexity index is 749. The smallest absolute Gasteiger partial charge is 0.323 e. The van der Waals surface area contributed by atoms with Crippen LogP contribution in [-0.4, -0.2) is 33.3 Å². The van der Waals surface area contributed by atoms with E-state index in [1.54, 1.807) is 30.5 Å². The minimum absolute atomic E-state index is 0.326. The summed E-state index contributed by atoms with van der Waals surface area (Å²) in [5.74, 6) is -1.37. The Kier molecular flexibility index (Phi) is 5.16. The van der Waals surface area contributed by atoms with E-state index < -0.39 is 5.97 Å². The van der Waals surface area contributed by atoms with Crippen molar-refractivity contribution in [1.82, 2.24) is 9.78 Å². The summed E-state index contributed by atoms with van der Waals surface area (Å²) in [4.78, 5) is 25.5. The Labute approximate surface area is 147 Å². The molecule has 0 radical (unpaired) electrons. The lowest BCUT2D eigenvalue weighted by Gasteiger charge is -2.24. The minimum Gasteiger partial charge on any atom is -0.480 e. The maximum absolute atomic E-state index is 13.0. The zero-order valence-corrected chi connectivity index (χ0v) is 14.4. The number of carboxylic acid groups (broad SMARTS) is 1. The molecule has 1 aromatic carbocycles. The van der Waals surface area contributed by atoms with E-state index in [-0.39, 0.29) is 12.5 Å². The molecule has 0 spiro atoms. The number of carbonyl (C=O) groups is 2. The van der Waals surface area contributed by atoms with Gasteiger partial charge in [0, 0.05) is 11.4 Å². The standard InChI is InChI=1S/C19H23N3O3/c1-14-17(12-20-22(14)16-10-6-3-7-11-16)19(25)21(13-18(23)24)15-8-4-2-5-9-15/h2,4-5,8-9,12,16H,3,6-7,10-11,13H2,1H3,(H,23,24). The molecular weight excluding hydrogens is 318 g/mol. The van der Waals surface area contributed by atoms with Crippen LogP contribution in [0, 0.1) is 6.92 Å². The molecule has 0 bridgehead atoms. The van der Waals surface area contributed by atoms with E-state index in [0.29, 0.717) is 17.3 Å². The third kappa shape index (κ3) is 3.73. The van der Waals surface area contributed by atoms with Crippen molar-refractivity contribution in [2.75, 3.05) is 11.4 Å². The first kappa shape index (κ1) is 17.2. The van der Waals surface area contributed by atoms with Crippen LogP contribution in [0.3, 0.4) is 0 Å². The molecule has 1 heterocycles. The Hall–Kier alpha value is -2.63. The van der Waals surface area contributed by atoms with Gasteiger partial charge in [0.1, 0.15) is 6.54 Å². The largest absolute Gasteiger partial charge is 0.480 e. The van der Waals surface area contributed by atoms with Gasteiger partial charge in [-0.3, -0.25) is 19.2 Å². The Morgan fingerprint density at radius 1 is 1.20 bits per heavy atom. The molecule has 1 saturated carbocycles. The molecule has 1 aliphatic rings. The van der Waals surface area contributed by atoms with Gasteiger partial charge in [-0.2, -0.15) is 5.10 Å². The summed E-state index contributed by atoms with van der Waals surface area (Å²) in [6, 6.07) is 9.22. The van der Waals surface area contributed by atoms with Crippen molar-refractivity contribution in [3.8, 4) is 0 Å². The summed E-state index contributed by atoms with van der Waals surface area (Å²) in [5, 5.41) is 13.6. The highest BCUT2D eigenvalue weighted by Gasteiger charge is 2.26. The Morgan fingerprint density at radius 2 is 1.88 bits per heavy atom. The highest BCUT2D eigenvalue weighted by atomic mass is 16.4. The lowest BCUT2D eigenvalue weighted by Crippen LogP contribution is -2.36. The second-order valence-corrected chi connectivity index (χ2v) is 6.50. The van der Waals surface area contributed by atoms with Crippen LogP contribution in [0.4, 0.5) is 5.69 Å². The van der Waals surface area contributed by atoms with E-state index in [0.717, 1.165) is 18.5 Å². The van der Waals surface area contributed by atoms with Crippen molar-refractivity contribution in [3.63, 3.8) is 0 Å². The minimum atomic E-state index is -1.05. The number of carbonyl (C=O) groups excluding carboxylic acids is 1. The van der Waals surface area contributed by atoms with Crippen molar-refractivity contribution in [1.29, 1.82) is 0 Å². The van der Waals surface area contributed by atoms with Gasteiger partial charge in [0.05, 0.1) is 17.8 Å². The highest BCUT2D eigenvalue weighted by Crippen LogP contribution is 2.29. The number of carboxylic acids is 1. The highest BCUT2D eigenvalue weighted by molar-refractivity contribution is 6.08. The van der Waals surface area contributed by atoms with Gasteiger partial charge in [0.2, 0.25) is 0 Å². The zero-order valence-electron chi connectivity index (χ0n) is 14.4. The van der Waals surface area contributed by atoms with Crippen LogP contribution < -0.4 is 4.90 Å². The number of rotatable bonds is 5. The summed E-state index contributed by atoms with van der Waals surface area (Å²) < 4.78 is 1.94. The summed E-state index contributed by atoms with van der Waals surface area (Å²) >= 11 is 0. The number of amides is 1. The predicted octanol–water partition coefficient (Wildman–Crippen LogP) is 3.43. The normalized spacial score (nSPS) is 15.1. The van der Waals surface area contributed by atoms with Crippen LogP contribution in [0.15, 0.2) is 36.5 Å². The van der Waals surface area contributed by atoms with Crippen LogP contribution in [0.1, 0.15) is 54.2 Å². The van der Waals surface area contributed by atoms with Gasteiger partial charge in [-0.25, -0.2) is 0 Å². The van der Waals surface area contributed by atoms with Gasteiger partial charge >= 0.3 is 5.97 Å². The van der Waals surface area contributed by atoms with Crippen LogP contribution >= 0.6 is 0 Å². The number of hydrogen-bond acceptors (Lipinski definition) is 3. The molecular formula is C19H23N3O3. The molecule has 0 saturated heterocycles. The molecule has 6 heteroatoms. The molecule has 132 valence electrons. The average molecular weight is 341 g/mol. The van der Waals surface area contributed by atoms with E-state index in [9.17, 15) is 14.7 Å². The van der Waals surface area contributed by atoms with Crippen molar-refractivity contribution in [3.05, 3.63) is 47.8 Å². The molecule has 1 aliphatic carbocycles. The van der Waals surface area contributed by atoms with Crippen LogP contribution in [0.25, 0.3) is 0 Å². The van der Waals surface area contributed by atoms with Gasteiger partial charge in [0.15, 0.2) is 0 Å². The lowest BCUT2D eigenvalue weighted by molar-refractivity contribution is -0.135. The van der Waals surface area contributed by atoms with Crippen molar-refractivity contribution < 1.29 is 14.7 Å². The number of benzene rings is 1. The molecule has 1 amide bonds. The first-order valence-corrected chi connectivity index (χ1v) is 8.70. The van der Waals surface area contributed by atoms with Crippen molar-refractivity contribution in [2.24, 2.45) is 0 Å². The predicted molar refractivity (Wildman–Crippen MR) is 94.8 cm³/mol. The summed E-state index contributed by atoms with van der Waals surface area (Å²) in [6.45, 7) is 1.51. The van der Waals surface area contributed by atoms with E-state index >= 15 is 0 Å². The first-order valence-electron chi connectivity index (χ1n) is 8.70. The third-order valence-electron chi connectivity index (χ3n) is 4.80. The molecule has 1 fully saturated rings. The fourth-order valence-electron chi connectivity index (χ4n) is 3.50. The van der Waals surface area contributed by atoms with Crippen molar-refractivity contribution >= 4 is 17.6 Å². The Morgan fingerprint density at radius 3 is 2.52 bits per heavy atom. The number of aliphatic carboxylic acids is 1. The molecule has 1 aromatic heterocycles. The topological polar surface area (TPSA) is 75.4 Å². The zero-order chi connectivity index (χ0) is 17.8. The maximum atomic E-state index is 13.0. The molecule has 6 nitrogen and oxygen atoms in total. The molecule has 0 atom stereocenters. The van der Waals surface area contributed by atoms with Gasteiger partial charge in [-0.15, -0.1) is 0 Å². The summed E-state index contributed by atoms with van der Waals surface area (Å²) in [6.07, 6.45) is 7.35. The van der Waals surface area contributed by atoms with E-state index in [1.165, 1.54) is 24.2 Å². The molecule has 2 aromatic rings. The van der Waals surface area contributed by atoms with E-state index in [2.05, 4.69) is 5.10 Å². The van der Waals surface area contributed by atoms with Gasteiger partial charge < -0.3 is 5.11 Å². The lowest BCUT2D eigenvalue weighted by atomic mass is 9.95. The van der Waals surface area contributed by atoms with Crippen LogP contribution in [0.2, 0.25) is 0 Å². The number of aromatic nitrogens is 2. The van der Waals surface area contributed by atoms with Gasteiger partial charge in [-0.05, 0) is 31.9 Å². The first-order chi connectivity index (χ1) is 12.1. The molecule has 1 N–H and O–H groups in total. The molecule has 3 rings (SSSR count). The second-order valence-electron chi connectivity index (χ2n) is 6.50. The van der Waals surface area contributed by atoms with Crippen molar-refractivity contribution in [2.45, 2.75) is 45.1 Å². The summed E-state index contributed by atoms with van der Waals surface area (Å²) in [7, 11) is 0. The number of para-hydroxylation sites is 1. The van der Waals surface area contributed by atoms with Gasteiger partial charge in [-0.1, -0.05) is 37.5 Å². The SMILES string of the molecule is Cc1c(C(=O)N(CC(=O)O)c2ccccc2)cnn1C1CCCCC1. The van der Waals surface area contributed by atoms with Crippen LogP contribution in [-0.2, 0) is 4.79 Å². The average Bonchev–Trinajstić information content (AvgIpc) is 3.02. The molecule has 25 heavy (non-hydrogen) atoms. The van der Waals surface area contributed by atoms with Gasteiger partial charge in [0.25, 0.3) is 5.91 Å². The van der Waals surface area contributed by atoms with E-state index in [4.69, 9.17) is 0 Å². The molecule has 0 unspecified atom stereocenters. The third-order valence-corrected chi connectivity index (χ3v) is 4.80. The fourth-order valence-corrected chi connectivity index (χ4v) is 3.50. The number of nitrogens with zero attached hydrogens (tertiary/aromatic N) is 3. The molecule has 0 aliphatic heterocycles. The summed E-state index contributed by atoms with van der Waals surface area (Å²) in [5.41, 5.74) is 1.85.